The van der Waals surface area contributed by atoms with Gasteiger partial charge in [-0.1, -0.05) is 40.9 Å². The van der Waals surface area contributed by atoms with Crippen molar-refractivity contribution in [2.45, 2.75) is 6.42 Å². The van der Waals surface area contributed by atoms with Gasteiger partial charge in [-0.3, -0.25) is 9.59 Å². The Labute approximate surface area is 153 Å². The fourth-order valence-corrected chi connectivity index (χ4v) is 3.13. The first-order chi connectivity index (χ1) is 11.5. The molecule has 3 rings (SSSR count). The molecule has 2 aromatic rings. The van der Waals surface area contributed by atoms with Crippen LogP contribution >= 0.6 is 34.8 Å². The van der Waals surface area contributed by atoms with E-state index >= 15 is 0 Å². The van der Waals surface area contributed by atoms with Crippen LogP contribution in [0.4, 0.5) is 5.69 Å². The molecule has 24 heavy (non-hydrogen) atoms. The number of nitrogens with zero attached hydrogens (tertiary/aromatic N) is 1. The second-order valence-electron chi connectivity index (χ2n) is 5.20. The molecule has 0 atom stereocenters. The molecule has 2 aromatic carbocycles. The highest BCUT2D eigenvalue weighted by Crippen LogP contribution is 2.35. The van der Waals surface area contributed by atoms with Crippen molar-refractivity contribution in [2.75, 3.05) is 18.1 Å². The lowest BCUT2D eigenvalue weighted by molar-refractivity contribution is -0.114. The Hall–Kier alpha value is -1.75. The van der Waals surface area contributed by atoms with Crippen molar-refractivity contribution in [3.63, 3.8) is 0 Å². The first-order valence-corrected chi connectivity index (χ1v) is 8.35. The van der Waals surface area contributed by atoms with E-state index in [-0.39, 0.29) is 0 Å². The monoisotopic (exact) mass is 383 g/mol. The first kappa shape index (κ1) is 17.1. The predicted molar refractivity (Wildman–Crippen MR) is 94.7 cm³/mol. The highest BCUT2D eigenvalue weighted by molar-refractivity contribution is 6.54. The Bertz CT molecular complexity index is 823. The van der Waals surface area contributed by atoms with Gasteiger partial charge in [0, 0.05) is 17.6 Å². The standard InChI is InChI=1S/C17H12Cl3NO3/c18-10-5-6-12(19)14(9-10)24-8-2-7-21-15-11(16(22)17(21)23)3-1-4-13(15)20/h1,3-6,9H,2,7-8H2. The summed E-state index contributed by atoms with van der Waals surface area (Å²) in [4.78, 5) is 25.5. The first-order valence-electron chi connectivity index (χ1n) is 7.21. The van der Waals surface area contributed by atoms with E-state index in [2.05, 4.69) is 0 Å². The smallest absolute Gasteiger partial charge is 0.299 e. The number of carbonyl (C=O) groups excluding carboxylic acids is 2. The van der Waals surface area contributed by atoms with Crippen LogP contribution in [0.25, 0.3) is 0 Å². The van der Waals surface area contributed by atoms with Gasteiger partial charge < -0.3 is 9.64 Å². The number of Topliss-reactive ketones (excluding diaryl/α,β-unsaturated/α-hetero) is 1. The summed E-state index contributed by atoms with van der Waals surface area (Å²) in [7, 11) is 0. The van der Waals surface area contributed by atoms with Crippen LogP contribution < -0.4 is 9.64 Å². The van der Waals surface area contributed by atoms with Crippen LogP contribution in [0, 0.1) is 0 Å². The molecule has 4 nitrogen and oxygen atoms in total. The molecule has 7 heteroatoms. The van der Waals surface area contributed by atoms with E-state index in [0.29, 0.717) is 51.6 Å². The molecule has 0 saturated heterocycles. The van der Waals surface area contributed by atoms with Crippen LogP contribution in [0.3, 0.4) is 0 Å². The second-order valence-corrected chi connectivity index (χ2v) is 6.45. The molecule has 0 radical (unpaired) electrons. The third-order valence-corrected chi connectivity index (χ3v) is 4.47. The number of benzene rings is 2. The molecule has 1 heterocycles. The predicted octanol–water partition coefficient (Wildman–Crippen LogP) is 4.65. The van der Waals surface area contributed by atoms with Crippen molar-refractivity contribution in [3.8, 4) is 5.75 Å². The lowest BCUT2D eigenvalue weighted by atomic mass is 10.1. The number of ketones is 1. The number of anilines is 1. The lowest BCUT2D eigenvalue weighted by Crippen LogP contribution is -2.31. The summed E-state index contributed by atoms with van der Waals surface area (Å²) in [6.45, 7) is 0.636. The number of rotatable bonds is 5. The van der Waals surface area contributed by atoms with Crippen LogP contribution in [-0.4, -0.2) is 24.8 Å². The van der Waals surface area contributed by atoms with Crippen molar-refractivity contribution in [1.29, 1.82) is 0 Å². The van der Waals surface area contributed by atoms with Gasteiger partial charge in [0.2, 0.25) is 0 Å². The van der Waals surface area contributed by atoms with Crippen LogP contribution in [0.5, 0.6) is 5.75 Å². The summed E-state index contributed by atoms with van der Waals surface area (Å²) in [6.07, 6.45) is 0.506. The van der Waals surface area contributed by atoms with Crippen LogP contribution in [0.1, 0.15) is 16.8 Å². The Morgan fingerprint density at radius 3 is 2.58 bits per heavy atom. The van der Waals surface area contributed by atoms with Crippen LogP contribution in [0.15, 0.2) is 36.4 Å². The van der Waals surface area contributed by atoms with Gasteiger partial charge >= 0.3 is 0 Å². The molecule has 0 spiro atoms. The lowest BCUT2D eigenvalue weighted by Gasteiger charge is -2.17. The number of hydrogen-bond donors (Lipinski definition) is 0. The third-order valence-electron chi connectivity index (χ3n) is 3.62. The summed E-state index contributed by atoms with van der Waals surface area (Å²) in [6, 6.07) is 9.86. The molecule has 124 valence electrons. The van der Waals surface area contributed by atoms with Gasteiger partial charge in [0.1, 0.15) is 5.75 Å². The molecule has 0 aliphatic carbocycles. The van der Waals surface area contributed by atoms with Crippen molar-refractivity contribution < 1.29 is 14.3 Å². The molecular formula is C17H12Cl3NO3. The van der Waals surface area contributed by atoms with Gasteiger partial charge in [-0.05, 0) is 30.7 Å². The van der Waals surface area contributed by atoms with Gasteiger partial charge in [-0.15, -0.1) is 0 Å². The van der Waals surface area contributed by atoms with Gasteiger partial charge in [-0.25, -0.2) is 0 Å². The zero-order chi connectivity index (χ0) is 17.3. The average Bonchev–Trinajstić information content (AvgIpc) is 2.80. The summed E-state index contributed by atoms with van der Waals surface area (Å²) < 4.78 is 5.59. The van der Waals surface area contributed by atoms with E-state index < -0.39 is 11.7 Å². The minimum absolute atomic E-state index is 0.317. The molecule has 0 saturated carbocycles. The van der Waals surface area contributed by atoms with E-state index in [1.807, 2.05) is 0 Å². The van der Waals surface area contributed by atoms with Crippen molar-refractivity contribution in [2.24, 2.45) is 0 Å². The molecule has 1 amide bonds. The third kappa shape index (κ3) is 3.22. The van der Waals surface area contributed by atoms with Gasteiger partial charge in [0.15, 0.2) is 0 Å². The second kappa shape index (κ2) is 7.01. The number of para-hydroxylation sites is 1. The van der Waals surface area contributed by atoms with Crippen molar-refractivity contribution >= 4 is 52.2 Å². The van der Waals surface area contributed by atoms with Gasteiger partial charge in [-0.2, -0.15) is 0 Å². The topological polar surface area (TPSA) is 46.6 Å². The molecule has 0 unspecified atom stereocenters. The highest BCUT2D eigenvalue weighted by Gasteiger charge is 2.36. The molecule has 0 N–H and O–H groups in total. The zero-order valence-corrected chi connectivity index (χ0v) is 14.7. The summed E-state index contributed by atoms with van der Waals surface area (Å²) in [5.74, 6) is -0.628. The van der Waals surface area contributed by atoms with E-state index in [9.17, 15) is 9.59 Å². The maximum absolute atomic E-state index is 12.1. The number of fused-ring (bicyclic) bond motifs is 1. The average molecular weight is 385 g/mol. The van der Waals surface area contributed by atoms with Gasteiger partial charge in [0.05, 0.1) is 27.9 Å². The fourth-order valence-electron chi connectivity index (χ4n) is 2.52. The fraction of sp³-hybridized carbons (Fsp3) is 0.176. The number of carbonyl (C=O) groups is 2. The maximum Gasteiger partial charge on any atom is 0.299 e. The number of halogens is 3. The number of hydrogen-bond acceptors (Lipinski definition) is 3. The Kier molecular flexibility index (Phi) is 4.99. The highest BCUT2D eigenvalue weighted by atomic mass is 35.5. The van der Waals surface area contributed by atoms with Crippen molar-refractivity contribution in [3.05, 3.63) is 57.0 Å². The Morgan fingerprint density at radius 2 is 1.79 bits per heavy atom. The summed E-state index contributed by atoms with van der Waals surface area (Å²) >= 11 is 18.1. The molecule has 1 aliphatic heterocycles. The largest absolute Gasteiger partial charge is 0.492 e. The SMILES string of the molecule is O=C1C(=O)N(CCCOc2cc(Cl)ccc2Cl)c2c(Cl)cccc21. The van der Waals surface area contributed by atoms with E-state index in [4.69, 9.17) is 39.5 Å². The molecule has 0 aromatic heterocycles. The molecule has 1 aliphatic rings. The minimum Gasteiger partial charge on any atom is -0.492 e. The normalized spacial score (nSPS) is 13.4. The number of amides is 1. The Balaban J connectivity index is 1.65. The minimum atomic E-state index is -0.570. The van der Waals surface area contributed by atoms with Crippen LogP contribution in [0.2, 0.25) is 15.1 Å². The summed E-state index contributed by atoms with van der Waals surface area (Å²) in [5, 5.41) is 1.36. The van der Waals surface area contributed by atoms with Gasteiger partial charge in [0.25, 0.3) is 11.7 Å². The number of ether oxygens (including phenoxy) is 1. The quantitative estimate of drug-likeness (QED) is 0.557. The molecule has 0 fully saturated rings. The molecule has 0 bridgehead atoms. The van der Waals surface area contributed by atoms with E-state index in [1.54, 1.807) is 36.4 Å². The Morgan fingerprint density at radius 1 is 1.00 bits per heavy atom. The summed E-state index contributed by atoms with van der Waals surface area (Å²) in [5.41, 5.74) is 0.807. The molecular weight excluding hydrogens is 373 g/mol. The van der Waals surface area contributed by atoms with Crippen LogP contribution in [-0.2, 0) is 4.79 Å². The van der Waals surface area contributed by atoms with Crippen molar-refractivity contribution in [1.82, 2.24) is 0 Å². The van der Waals surface area contributed by atoms with E-state index in [0.717, 1.165) is 0 Å². The zero-order valence-electron chi connectivity index (χ0n) is 12.4. The van der Waals surface area contributed by atoms with E-state index in [1.165, 1.54) is 4.90 Å². The maximum atomic E-state index is 12.1.